The molecule has 3 aromatic rings. The lowest BCUT2D eigenvalue weighted by Gasteiger charge is -2.11. The standard InChI is InChI=1S/C22H20O8/c1-13-9-17-20(10-19(13)28-8-7-27-12-21(24)25)29-11-18(22(17)26)15-3-5-16(6-4-15)30-14(2)23/h3-6,9-11H,7-8,12H2,1-2H3,(H,24,25). The fourth-order valence-electron chi connectivity index (χ4n) is 2.86. The van der Waals surface area contributed by atoms with Gasteiger partial charge in [-0.2, -0.15) is 0 Å². The van der Waals surface area contributed by atoms with Crippen molar-refractivity contribution in [3.8, 4) is 22.6 Å². The van der Waals surface area contributed by atoms with Gasteiger partial charge in [0.25, 0.3) is 0 Å². The van der Waals surface area contributed by atoms with Gasteiger partial charge < -0.3 is 23.7 Å². The van der Waals surface area contributed by atoms with Crippen LogP contribution >= 0.6 is 0 Å². The third kappa shape index (κ3) is 5.03. The maximum absolute atomic E-state index is 13.0. The molecule has 1 N–H and O–H groups in total. The number of hydrogen-bond donors (Lipinski definition) is 1. The predicted octanol–water partition coefficient (Wildman–Crippen LogP) is 3.17. The molecule has 30 heavy (non-hydrogen) atoms. The first-order valence-electron chi connectivity index (χ1n) is 9.12. The number of hydrogen-bond acceptors (Lipinski definition) is 7. The van der Waals surface area contributed by atoms with Crippen molar-refractivity contribution >= 4 is 22.9 Å². The summed E-state index contributed by atoms with van der Waals surface area (Å²) >= 11 is 0. The van der Waals surface area contributed by atoms with Crippen molar-refractivity contribution < 1.29 is 33.3 Å². The van der Waals surface area contributed by atoms with Crippen LogP contribution in [-0.4, -0.2) is 36.9 Å². The molecule has 0 amide bonds. The number of rotatable bonds is 8. The fraction of sp³-hybridized carbons (Fsp3) is 0.227. The number of aliphatic carboxylic acids is 1. The zero-order valence-corrected chi connectivity index (χ0v) is 16.5. The minimum absolute atomic E-state index is 0.121. The molecule has 0 fully saturated rings. The monoisotopic (exact) mass is 412 g/mol. The molecule has 1 heterocycles. The molecule has 0 aliphatic heterocycles. The first-order valence-corrected chi connectivity index (χ1v) is 9.12. The average molecular weight is 412 g/mol. The molecule has 0 aliphatic carbocycles. The SMILES string of the molecule is CC(=O)Oc1ccc(-c2coc3cc(OCCOCC(=O)O)c(C)cc3c2=O)cc1. The van der Waals surface area contributed by atoms with Crippen LogP contribution in [0.4, 0.5) is 0 Å². The summed E-state index contributed by atoms with van der Waals surface area (Å²) in [7, 11) is 0. The lowest BCUT2D eigenvalue weighted by Crippen LogP contribution is -2.13. The lowest BCUT2D eigenvalue weighted by atomic mass is 10.0. The van der Waals surface area contributed by atoms with Crippen molar-refractivity contribution in [2.24, 2.45) is 0 Å². The lowest BCUT2D eigenvalue weighted by molar-refractivity contribution is -0.142. The van der Waals surface area contributed by atoms with Crippen LogP contribution in [0.25, 0.3) is 22.1 Å². The van der Waals surface area contributed by atoms with Gasteiger partial charge >= 0.3 is 11.9 Å². The second-order valence-corrected chi connectivity index (χ2v) is 6.51. The van der Waals surface area contributed by atoms with E-state index >= 15 is 0 Å². The van der Waals surface area contributed by atoms with Crippen LogP contribution in [0.2, 0.25) is 0 Å². The smallest absolute Gasteiger partial charge is 0.329 e. The molecule has 156 valence electrons. The van der Waals surface area contributed by atoms with Gasteiger partial charge in [-0.25, -0.2) is 4.79 Å². The molecule has 8 nitrogen and oxygen atoms in total. The van der Waals surface area contributed by atoms with E-state index in [1.165, 1.54) is 13.2 Å². The van der Waals surface area contributed by atoms with Crippen LogP contribution in [0.15, 0.2) is 51.9 Å². The molecule has 0 atom stereocenters. The summed E-state index contributed by atoms with van der Waals surface area (Å²) in [6, 6.07) is 9.88. The second kappa shape index (κ2) is 9.23. The Morgan fingerprint density at radius 1 is 1.10 bits per heavy atom. The minimum atomic E-state index is -1.05. The Balaban J connectivity index is 1.81. The summed E-state index contributed by atoms with van der Waals surface area (Å²) in [6.45, 7) is 3.01. The topological polar surface area (TPSA) is 112 Å². The summed E-state index contributed by atoms with van der Waals surface area (Å²) in [5, 5.41) is 8.95. The minimum Gasteiger partial charge on any atom is -0.491 e. The summed E-state index contributed by atoms with van der Waals surface area (Å²) < 4.78 is 21.2. The molecule has 0 spiro atoms. The Bertz CT molecular complexity index is 1130. The number of carbonyl (C=O) groups is 2. The molecule has 3 rings (SSSR count). The van der Waals surface area contributed by atoms with Crippen molar-refractivity contribution in [2.45, 2.75) is 13.8 Å². The van der Waals surface area contributed by atoms with E-state index in [2.05, 4.69) is 0 Å². The predicted molar refractivity (Wildman–Crippen MR) is 108 cm³/mol. The molecule has 1 aromatic heterocycles. The van der Waals surface area contributed by atoms with Gasteiger partial charge in [0.15, 0.2) is 0 Å². The van der Waals surface area contributed by atoms with E-state index < -0.39 is 11.9 Å². The maximum Gasteiger partial charge on any atom is 0.329 e. The highest BCUT2D eigenvalue weighted by Crippen LogP contribution is 2.27. The number of carboxylic acid groups (broad SMARTS) is 1. The van der Waals surface area contributed by atoms with Gasteiger partial charge in [0.2, 0.25) is 5.43 Å². The molecular formula is C22H20O8. The van der Waals surface area contributed by atoms with Crippen molar-refractivity contribution in [3.63, 3.8) is 0 Å². The van der Waals surface area contributed by atoms with Crippen molar-refractivity contribution in [3.05, 3.63) is 58.4 Å². The number of aryl methyl sites for hydroxylation is 1. The van der Waals surface area contributed by atoms with Gasteiger partial charge in [0, 0.05) is 13.0 Å². The van der Waals surface area contributed by atoms with Gasteiger partial charge in [-0.1, -0.05) is 12.1 Å². The third-order valence-corrected chi connectivity index (χ3v) is 4.21. The Kier molecular flexibility index (Phi) is 6.48. The van der Waals surface area contributed by atoms with E-state index in [1.807, 2.05) is 0 Å². The van der Waals surface area contributed by atoms with Crippen molar-refractivity contribution in [2.75, 3.05) is 19.8 Å². The van der Waals surface area contributed by atoms with E-state index in [4.69, 9.17) is 23.7 Å². The van der Waals surface area contributed by atoms with Crippen LogP contribution in [0, 0.1) is 6.92 Å². The number of fused-ring (bicyclic) bond motifs is 1. The number of esters is 1. The summed E-state index contributed by atoms with van der Waals surface area (Å²) in [5.41, 5.74) is 1.92. The summed E-state index contributed by atoms with van der Waals surface area (Å²) in [5.74, 6) is -0.560. The Hall–Kier alpha value is -3.65. The van der Waals surface area contributed by atoms with E-state index in [0.29, 0.717) is 33.6 Å². The number of benzene rings is 2. The Morgan fingerprint density at radius 3 is 2.50 bits per heavy atom. The van der Waals surface area contributed by atoms with Crippen molar-refractivity contribution in [1.29, 1.82) is 0 Å². The summed E-state index contributed by atoms with van der Waals surface area (Å²) in [6.07, 6.45) is 1.38. The molecule has 0 bridgehead atoms. The maximum atomic E-state index is 13.0. The molecule has 0 radical (unpaired) electrons. The first kappa shape index (κ1) is 21.1. The molecule has 0 aliphatic rings. The third-order valence-electron chi connectivity index (χ3n) is 4.21. The highest BCUT2D eigenvalue weighted by atomic mass is 16.5. The van der Waals surface area contributed by atoms with E-state index in [1.54, 1.807) is 43.3 Å². The van der Waals surface area contributed by atoms with Crippen LogP contribution in [0.5, 0.6) is 11.5 Å². The average Bonchev–Trinajstić information content (AvgIpc) is 2.69. The molecule has 0 unspecified atom stereocenters. The van der Waals surface area contributed by atoms with Crippen LogP contribution in [0.1, 0.15) is 12.5 Å². The highest BCUT2D eigenvalue weighted by Gasteiger charge is 2.13. The number of ether oxygens (including phenoxy) is 3. The molecular weight excluding hydrogens is 392 g/mol. The molecule has 8 heteroatoms. The van der Waals surface area contributed by atoms with E-state index in [-0.39, 0.29) is 25.2 Å². The Labute approximate surface area is 171 Å². The normalized spacial score (nSPS) is 10.7. The molecule has 2 aromatic carbocycles. The molecule has 0 saturated carbocycles. The number of carbonyl (C=O) groups excluding carboxylic acids is 1. The second-order valence-electron chi connectivity index (χ2n) is 6.51. The quantitative estimate of drug-likeness (QED) is 0.341. The van der Waals surface area contributed by atoms with Crippen LogP contribution in [0.3, 0.4) is 0 Å². The van der Waals surface area contributed by atoms with E-state index in [9.17, 15) is 14.4 Å². The van der Waals surface area contributed by atoms with Gasteiger partial charge in [-0.05, 0) is 36.2 Å². The van der Waals surface area contributed by atoms with Gasteiger partial charge in [0.1, 0.15) is 36.6 Å². The fourth-order valence-corrected chi connectivity index (χ4v) is 2.86. The number of carboxylic acids is 1. The van der Waals surface area contributed by atoms with Crippen LogP contribution in [-0.2, 0) is 14.3 Å². The van der Waals surface area contributed by atoms with Crippen molar-refractivity contribution in [1.82, 2.24) is 0 Å². The van der Waals surface area contributed by atoms with Crippen LogP contribution < -0.4 is 14.9 Å². The largest absolute Gasteiger partial charge is 0.491 e. The summed E-state index contributed by atoms with van der Waals surface area (Å²) in [4.78, 5) is 34.4. The zero-order valence-electron chi connectivity index (χ0n) is 16.5. The Morgan fingerprint density at radius 2 is 1.83 bits per heavy atom. The van der Waals surface area contributed by atoms with Gasteiger partial charge in [0.05, 0.1) is 17.6 Å². The van der Waals surface area contributed by atoms with E-state index in [0.717, 1.165) is 5.56 Å². The van der Waals surface area contributed by atoms with Gasteiger partial charge in [-0.3, -0.25) is 9.59 Å². The molecule has 0 saturated heterocycles. The first-order chi connectivity index (χ1) is 14.3. The zero-order chi connectivity index (χ0) is 21.7. The van der Waals surface area contributed by atoms with Gasteiger partial charge in [-0.15, -0.1) is 0 Å². The highest BCUT2D eigenvalue weighted by molar-refractivity contribution is 5.83.